The minimum absolute atomic E-state index is 0.0865. The second kappa shape index (κ2) is 7.93. The van der Waals surface area contributed by atoms with Gasteiger partial charge in [0.05, 0.1) is 18.6 Å². The standard InChI is InChI=1S/C22H16BrNO4S/c1-28-18-11-16(23)9-15(20(18)25)10-19-21(26)24(22(27)29-19)12-14-7-4-6-13-5-2-3-8-17(13)14/h2-11,25H,12H2,1H3/b19-10-. The van der Waals surface area contributed by atoms with Crippen LogP contribution in [0.5, 0.6) is 11.5 Å². The van der Waals surface area contributed by atoms with Crippen LogP contribution in [-0.4, -0.2) is 28.3 Å². The van der Waals surface area contributed by atoms with Crippen molar-refractivity contribution in [1.82, 2.24) is 4.90 Å². The molecule has 1 heterocycles. The number of benzene rings is 3. The Hall–Kier alpha value is -2.77. The normalized spacial score (nSPS) is 15.5. The lowest BCUT2D eigenvalue weighted by Crippen LogP contribution is -2.27. The van der Waals surface area contributed by atoms with Gasteiger partial charge in [0.1, 0.15) is 0 Å². The first-order valence-electron chi connectivity index (χ1n) is 8.76. The fourth-order valence-corrected chi connectivity index (χ4v) is 4.52. The van der Waals surface area contributed by atoms with E-state index in [4.69, 9.17) is 4.74 Å². The Morgan fingerprint density at radius 3 is 2.69 bits per heavy atom. The second-order valence-corrected chi connectivity index (χ2v) is 8.36. The number of phenols is 1. The number of phenolic OH excluding ortho intramolecular Hbond substituents is 1. The van der Waals surface area contributed by atoms with Crippen molar-refractivity contribution in [2.45, 2.75) is 6.54 Å². The number of rotatable bonds is 4. The predicted molar refractivity (Wildman–Crippen MR) is 118 cm³/mol. The van der Waals surface area contributed by atoms with Crippen LogP contribution in [0.15, 0.2) is 64.0 Å². The molecule has 1 aliphatic heterocycles. The summed E-state index contributed by atoms with van der Waals surface area (Å²) in [5.41, 5.74) is 1.30. The van der Waals surface area contributed by atoms with Crippen LogP contribution in [0.25, 0.3) is 16.8 Å². The number of halogens is 1. The van der Waals surface area contributed by atoms with Gasteiger partial charge in [-0.2, -0.15) is 0 Å². The average molecular weight is 470 g/mol. The molecule has 3 aromatic rings. The van der Waals surface area contributed by atoms with Crippen molar-refractivity contribution in [3.63, 3.8) is 0 Å². The molecule has 2 amide bonds. The molecule has 29 heavy (non-hydrogen) atoms. The zero-order chi connectivity index (χ0) is 20.5. The molecule has 0 aromatic heterocycles. The Balaban J connectivity index is 1.66. The van der Waals surface area contributed by atoms with Crippen molar-refractivity contribution in [3.05, 3.63) is 75.1 Å². The third kappa shape index (κ3) is 3.75. The molecule has 4 rings (SSSR count). The van der Waals surface area contributed by atoms with Crippen LogP contribution >= 0.6 is 27.7 Å². The number of fused-ring (bicyclic) bond motifs is 1. The first-order valence-corrected chi connectivity index (χ1v) is 10.4. The van der Waals surface area contributed by atoms with Crippen molar-refractivity contribution in [2.24, 2.45) is 0 Å². The van der Waals surface area contributed by atoms with E-state index in [-0.39, 0.29) is 34.1 Å². The highest BCUT2D eigenvalue weighted by atomic mass is 79.9. The Morgan fingerprint density at radius 1 is 1.14 bits per heavy atom. The molecule has 0 aliphatic carbocycles. The molecule has 1 N–H and O–H groups in total. The van der Waals surface area contributed by atoms with Gasteiger partial charge < -0.3 is 9.84 Å². The fourth-order valence-electron chi connectivity index (χ4n) is 3.24. The molecule has 7 heteroatoms. The molecule has 0 spiro atoms. The van der Waals surface area contributed by atoms with Gasteiger partial charge in [-0.1, -0.05) is 58.4 Å². The van der Waals surface area contributed by atoms with Gasteiger partial charge in [0.2, 0.25) is 0 Å². The lowest BCUT2D eigenvalue weighted by molar-refractivity contribution is -0.123. The van der Waals surface area contributed by atoms with Crippen molar-refractivity contribution in [3.8, 4) is 11.5 Å². The van der Waals surface area contributed by atoms with E-state index in [2.05, 4.69) is 15.9 Å². The number of carbonyl (C=O) groups is 2. The van der Waals surface area contributed by atoms with Gasteiger partial charge in [-0.05, 0) is 46.3 Å². The summed E-state index contributed by atoms with van der Waals surface area (Å²) in [4.78, 5) is 26.9. The average Bonchev–Trinajstić information content (AvgIpc) is 2.98. The summed E-state index contributed by atoms with van der Waals surface area (Å²) in [6, 6.07) is 17.0. The molecule has 0 radical (unpaired) electrons. The lowest BCUT2D eigenvalue weighted by atomic mass is 10.0. The van der Waals surface area contributed by atoms with Gasteiger partial charge in [-0.3, -0.25) is 14.5 Å². The van der Waals surface area contributed by atoms with E-state index in [0.29, 0.717) is 10.0 Å². The van der Waals surface area contributed by atoms with Gasteiger partial charge in [0, 0.05) is 10.0 Å². The third-order valence-electron chi connectivity index (χ3n) is 4.66. The molecule has 1 aliphatic rings. The predicted octanol–water partition coefficient (Wildman–Crippen LogP) is 5.55. The molecule has 0 saturated carbocycles. The van der Waals surface area contributed by atoms with E-state index in [1.165, 1.54) is 18.1 Å². The van der Waals surface area contributed by atoms with Crippen LogP contribution in [-0.2, 0) is 11.3 Å². The number of imide groups is 1. The minimum Gasteiger partial charge on any atom is -0.504 e. The zero-order valence-electron chi connectivity index (χ0n) is 15.4. The van der Waals surface area contributed by atoms with Crippen molar-refractivity contribution >= 4 is 55.7 Å². The Morgan fingerprint density at radius 2 is 1.90 bits per heavy atom. The number of methoxy groups -OCH3 is 1. The third-order valence-corrected chi connectivity index (χ3v) is 6.02. The first kappa shape index (κ1) is 19.5. The highest BCUT2D eigenvalue weighted by Gasteiger charge is 2.35. The molecular formula is C22H16BrNO4S. The van der Waals surface area contributed by atoms with E-state index in [9.17, 15) is 14.7 Å². The summed E-state index contributed by atoms with van der Waals surface area (Å²) in [5.74, 6) is -0.191. The number of thioether (sulfide) groups is 1. The van der Waals surface area contributed by atoms with Gasteiger partial charge in [0.15, 0.2) is 11.5 Å². The summed E-state index contributed by atoms with van der Waals surface area (Å²) in [6.07, 6.45) is 1.51. The van der Waals surface area contributed by atoms with Crippen LogP contribution in [0.2, 0.25) is 0 Å². The summed E-state index contributed by atoms with van der Waals surface area (Å²) in [7, 11) is 1.45. The maximum absolute atomic E-state index is 12.9. The van der Waals surface area contributed by atoms with Gasteiger partial charge >= 0.3 is 0 Å². The number of amides is 2. The summed E-state index contributed by atoms with van der Waals surface area (Å²) in [5, 5.41) is 12.1. The molecule has 5 nitrogen and oxygen atoms in total. The molecule has 1 fully saturated rings. The molecule has 146 valence electrons. The summed E-state index contributed by atoms with van der Waals surface area (Å²) in [6.45, 7) is 0.192. The number of hydrogen-bond acceptors (Lipinski definition) is 5. The quantitative estimate of drug-likeness (QED) is 0.507. The maximum Gasteiger partial charge on any atom is 0.293 e. The number of carbonyl (C=O) groups excluding carboxylic acids is 2. The Kier molecular flexibility index (Phi) is 5.34. The van der Waals surface area contributed by atoms with Crippen LogP contribution in [0.4, 0.5) is 4.79 Å². The monoisotopic (exact) mass is 469 g/mol. The fraction of sp³-hybridized carbons (Fsp3) is 0.0909. The lowest BCUT2D eigenvalue weighted by Gasteiger charge is -2.14. The highest BCUT2D eigenvalue weighted by molar-refractivity contribution is 9.10. The summed E-state index contributed by atoms with van der Waals surface area (Å²) < 4.78 is 5.83. The Labute approximate surface area is 180 Å². The minimum atomic E-state index is -0.383. The topological polar surface area (TPSA) is 66.8 Å². The number of hydrogen-bond donors (Lipinski definition) is 1. The van der Waals surface area contributed by atoms with E-state index in [1.54, 1.807) is 12.1 Å². The Bertz CT molecular complexity index is 1170. The van der Waals surface area contributed by atoms with Crippen LogP contribution in [0, 0.1) is 0 Å². The van der Waals surface area contributed by atoms with Crippen molar-refractivity contribution in [2.75, 3.05) is 7.11 Å². The van der Waals surface area contributed by atoms with Crippen LogP contribution in [0.3, 0.4) is 0 Å². The van der Waals surface area contributed by atoms with Crippen LogP contribution in [0.1, 0.15) is 11.1 Å². The SMILES string of the molecule is COc1cc(Br)cc(/C=C2\SC(=O)N(Cc3cccc4ccccc34)C2=O)c1O. The number of nitrogens with zero attached hydrogens (tertiary/aromatic N) is 1. The van der Waals surface area contributed by atoms with E-state index in [0.717, 1.165) is 28.1 Å². The molecule has 1 saturated heterocycles. The van der Waals surface area contributed by atoms with E-state index >= 15 is 0 Å². The zero-order valence-corrected chi connectivity index (χ0v) is 17.8. The smallest absolute Gasteiger partial charge is 0.293 e. The molecule has 3 aromatic carbocycles. The number of aromatic hydroxyl groups is 1. The van der Waals surface area contributed by atoms with Gasteiger partial charge in [0.25, 0.3) is 11.1 Å². The first-order chi connectivity index (χ1) is 14.0. The highest BCUT2D eigenvalue weighted by Crippen LogP contribution is 2.39. The van der Waals surface area contributed by atoms with Crippen molar-refractivity contribution in [1.29, 1.82) is 0 Å². The molecule has 0 bridgehead atoms. The number of ether oxygens (including phenoxy) is 1. The van der Waals surface area contributed by atoms with Crippen LogP contribution < -0.4 is 4.74 Å². The van der Waals surface area contributed by atoms with Gasteiger partial charge in [-0.15, -0.1) is 0 Å². The molecule has 0 unspecified atom stereocenters. The second-order valence-electron chi connectivity index (χ2n) is 6.45. The summed E-state index contributed by atoms with van der Waals surface area (Å²) >= 11 is 4.21. The molecule has 0 atom stereocenters. The largest absolute Gasteiger partial charge is 0.504 e. The van der Waals surface area contributed by atoms with E-state index in [1.807, 2.05) is 42.5 Å². The van der Waals surface area contributed by atoms with E-state index < -0.39 is 0 Å². The maximum atomic E-state index is 12.9. The van der Waals surface area contributed by atoms with Crippen molar-refractivity contribution < 1.29 is 19.4 Å². The molecular weight excluding hydrogens is 454 g/mol. The van der Waals surface area contributed by atoms with Gasteiger partial charge in [-0.25, -0.2) is 0 Å².